The summed E-state index contributed by atoms with van der Waals surface area (Å²) in [6.07, 6.45) is 3.56. The summed E-state index contributed by atoms with van der Waals surface area (Å²) >= 11 is 0. The van der Waals surface area contributed by atoms with Crippen molar-refractivity contribution in [2.24, 2.45) is 5.41 Å². The lowest BCUT2D eigenvalue weighted by Crippen LogP contribution is -2.51. The maximum atomic E-state index is 12.3. The van der Waals surface area contributed by atoms with Gasteiger partial charge in [0.1, 0.15) is 5.41 Å². The summed E-state index contributed by atoms with van der Waals surface area (Å²) in [6, 6.07) is 2.28. The maximum absolute atomic E-state index is 12.3. The lowest BCUT2D eigenvalue weighted by molar-refractivity contribution is -0.140. The zero-order chi connectivity index (χ0) is 11.6. The number of hydrogen-bond donors (Lipinski definition) is 0. The molecule has 0 spiro atoms. The van der Waals surface area contributed by atoms with Gasteiger partial charge in [0, 0.05) is 26.2 Å². The molecular weight excluding hydrogens is 202 g/mol. The van der Waals surface area contributed by atoms with E-state index in [0.29, 0.717) is 0 Å². The number of likely N-dealkylation sites (N-methyl/N-ethyl adjacent to an activating group) is 1. The van der Waals surface area contributed by atoms with E-state index >= 15 is 0 Å². The third-order valence-electron chi connectivity index (χ3n) is 3.87. The summed E-state index contributed by atoms with van der Waals surface area (Å²) in [5.74, 6) is 0.0839. The molecule has 0 N–H and O–H groups in total. The number of carbonyl (C=O) groups excluding carboxylic acids is 1. The highest BCUT2D eigenvalue weighted by molar-refractivity contribution is 5.85. The molecule has 4 heteroatoms. The van der Waals surface area contributed by atoms with Crippen LogP contribution in [0.1, 0.15) is 25.7 Å². The van der Waals surface area contributed by atoms with Crippen LogP contribution in [0.25, 0.3) is 0 Å². The first kappa shape index (κ1) is 11.4. The van der Waals surface area contributed by atoms with Crippen molar-refractivity contribution in [2.45, 2.75) is 25.7 Å². The molecule has 0 aromatic rings. The molecule has 0 atom stereocenters. The summed E-state index contributed by atoms with van der Waals surface area (Å²) in [5.41, 5.74) is -0.685. The standard InChI is InChI=1S/C12H19N3O/c1-14-6-8-15(9-7-14)11(16)12(10-13)4-2-3-5-12/h2-9H2,1H3. The second kappa shape index (κ2) is 4.42. The Labute approximate surface area is 96.8 Å². The fraction of sp³-hybridized carbons (Fsp3) is 0.833. The molecule has 1 amide bonds. The molecule has 1 saturated carbocycles. The second-order valence-electron chi connectivity index (χ2n) is 5.00. The van der Waals surface area contributed by atoms with Crippen LogP contribution in [0.3, 0.4) is 0 Å². The van der Waals surface area contributed by atoms with Crippen molar-refractivity contribution in [3.05, 3.63) is 0 Å². The lowest BCUT2D eigenvalue weighted by Gasteiger charge is -2.36. The van der Waals surface area contributed by atoms with E-state index in [0.717, 1.165) is 51.9 Å². The quantitative estimate of drug-likeness (QED) is 0.659. The summed E-state index contributed by atoms with van der Waals surface area (Å²) < 4.78 is 0. The van der Waals surface area contributed by atoms with E-state index in [9.17, 15) is 10.1 Å². The van der Waals surface area contributed by atoms with Crippen LogP contribution in [0.15, 0.2) is 0 Å². The first-order valence-electron chi connectivity index (χ1n) is 6.07. The second-order valence-corrected chi connectivity index (χ2v) is 5.00. The van der Waals surface area contributed by atoms with Crippen LogP contribution < -0.4 is 0 Å². The van der Waals surface area contributed by atoms with E-state index in [-0.39, 0.29) is 5.91 Å². The fourth-order valence-electron chi connectivity index (χ4n) is 2.66. The third kappa shape index (κ3) is 1.92. The molecule has 0 aromatic carbocycles. The number of carbonyl (C=O) groups is 1. The molecule has 1 heterocycles. The Morgan fingerprint density at radius 2 is 1.75 bits per heavy atom. The average molecular weight is 221 g/mol. The van der Waals surface area contributed by atoms with E-state index < -0.39 is 5.41 Å². The van der Waals surface area contributed by atoms with Crippen molar-refractivity contribution < 1.29 is 4.79 Å². The van der Waals surface area contributed by atoms with Crippen LogP contribution >= 0.6 is 0 Å². The van der Waals surface area contributed by atoms with Gasteiger partial charge in [-0.25, -0.2) is 0 Å². The molecular formula is C12H19N3O. The van der Waals surface area contributed by atoms with Crippen LogP contribution in [-0.2, 0) is 4.79 Å². The smallest absolute Gasteiger partial charge is 0.243 e. The summed E-state index contributed by atoms with van der Waals surface area (Å²) in [7, 11) is 2.07. The molecule has 2 aliphatic rings. The summed E-state index contributed by atoms with van der Waals surface area (Å²) in [6.45, 7) is 3.40. The molecule has 1 saturated heterocycles. The van der Waals surface area contributed by atoms with Crippen LogP contribution in [0.5, 0.6) is 0 Å². The Bertz CT molecular complexity index is 307. The monoisotopic (exact) mass is 221 g/mol. The molecule has 2 rings (SSSR count). The van der Waals surface area contributed by atoms with Gasteiger partial charge < -0.3 is 9.80 Å². The highest BCUT2D eigenvalue weighted by Crippen LogP contribution is 2.39. The predicted octanol–water partition coefficient (Wildman–Crippen LogP) is 0.844. The van der Waals surface area contributed by atoms with Crippen molar-refractivity contribution in [2.75, 3.05) is 33.2 Å². The number of nitriles is 1. The molecule has 88 valence electrons. The van der Waals surface area contributed by atoms with Gasteiger partial charge in [-0.15, -0.1) is 0 Å². The van der Waals surface area contributed by atoms with Crippen molar-refractivity contribution in [1.29, 1.82) is 5.26 Å². The molecule has 4 nitrogen and oxygen atoms in total. The van der Waals surface area contributed by atoms with Gasteiger partial charge in [-0.2, -0.15) is 5.26 Å². The molecule has 16 heavy (non-hydrogen) atoms. The third-order valence-corrected chi connectivity index (χ3v) is 3.87. The Morgan fingerprint density at radius 1 is 1.19 bits per heavy atom. The highest BCUT2D eigenvalue weighted by atomic mass is 16.2. The minimum Gasteiger partial charge on any atom is -0.339 e. The van der Waals surface area contributed by atoms with Gasteiger partial charge in [0.2, 0.25) is 5.91 Å². The number of nitrogens with zero attached hydrogens (tertiary/aromatic N) is 3. The molecule has 1 aliphatic heterocycles. The van der Waals surface area contributed by atoms with Crippen LogP contribution in [-0.4, -0.2) is 48.9 Å². The van der Waals surface area contributed by atoms with E-state index in [1.807, 2.05) is 4.90 Å². The van der Waals surface area contributed by atoms with Crippen molar-refractivity contribution in [3.63, 3.8) is 0 Å². The van der Waals surface area contributed by atoms with Crippen molar-refractivity contribution in [3.8, 4) is 6.07 Å². The SMILES string of the molecule is CN1CCN(C(=O)C2(C#N)CCCC2)CC1. The molecule has 0 unspecified atom stereocenters. The van der Waals surface area contributed by atoms with Gasteiger partial charge in [-0.1, -0.05) is 12.8 Å². The van der Waals surface area contributed by atoms with Crippen LogP contribution in [0.4, 0.5) is 0 Å². The van der Waals surface area contributed by atoms with Gasteiger partial charge in [-0.05, 0) is 19.9 Å². The lowest BCUT2D eigenvalue weighted by atomic mass is 9.86. The van der Waals surface area contributed by atoms with E-state index in [1.54, 1.807) is 0 Å². The average Bonchev–Trinajstić information content (AvgIpc) is 2.79. The maximum Gasteiger partial charge on any atom is 0.243 e. The van der Waals surface area contributed by atoms with Gasteiger partial charge >= 0.3 is 0 Å². The Morgan fingerprint density at radius 3 is 2.25 bits per heavy atom. The summed E-state index contributed by atoms with van der Waals surface area (Å²) in [5, 5.41) is 9.26. The van der Waals surface area contributed by atoms with Gasteiger partial charge in [0.25, 0.3) is 0 Å². The molecule has 0 aromatic heterocycles. The predicted molar refractivity (Wildman–Crippen MR) is 60.6 cm³/mol. The van der Waals surface area contributed by atoms with Gasteiger partial charge in [0.15, 0.2) is 0 Å². The zero-order valence-corrected chi connectivity index (χ0v) is 9.91. The van der Waals surface area contributed by atoms with Gasteiger partial charge in [0.05, 0.1) is 6.07 Å². The van der Waals surface area contributed by atoms with Crippen LogP contribution in [0, 0.1) is 16.7 Å². The van der Waals surface area contributed by atoms with Crippen molar-refractivity contribution >= 4 is 5.91 Å². The first-order valence-corrected chi connectivity index (χ1v) is 6.07. The number of amides is 1. The Kier molecular flexibility index (Phi) is 3.15. The molecule has 2 fully saturated rings. The summed E-state index contributed by atoms with van der Waals surface area (Å²) in [4.78, 5) is 16.4. The first-order chi connectivity index (χ1) is 7.68. The number of hydrogen-bond acceptors (Lipinski definition) is 3. The number of piperazine rings is 1. The highest BCUT2D eigenvalue weighted by Gasteiger charge is 2.44. The van der Waals surface area contributed by atoms with Crippen molar-refractivity contribution in [1.82, 2.24) is 9.80 Å². The van der Waals surface area contributed by atoms with E-state index in [1.165, 1.54) is 0 Å². The minimum atomic E-state index is -0.685. The molecule has 0 bridgehead atoms. The normalized spacial score (nSPS) is 25.4. The van der Waals surface area contributed by atoms with E-state index in [2.05, 4.69) is 18.0 Å². The van der Waals surface area contributed by atoms with E-state index in [4.69, 9.17) is 0 Å². The molecule has 1 aliphatic carbocycles. The zero-order valence-electron chi connectivity index (χ0n) is 9.91. The van der Waals surface area contributed by atoms with Gasteiger partial charge in [-0.3, -0.25) is 4.79 Å². The minimum absolute atomic E-state index is 0.0839. The Hall–Kier alpha value is -1.08. The fourth-order valence-corrected chi connectivity index (χ4v) is 2.66. The molecule has 0 radical (unpaired) electrons. The topological polar surface area (TPSA) is 47.3 Å². The largest absolute Gasteiger partial charge is 0.339 e. The van der Waals surface area contributed by atoms with Crippen LogP contribution in [0.2, 0.25) is 0 Å². The Balaban J connectivity index is 2.04. The number of rotatable bonds is 1.